The van der Waals surface area contributed by atoms with Crippen molar-refractivity contribution in [1.82, 2.24) is 10.0 Å². The maximum absolute atomic E-state index is 13.1. The molecule has 2 heterocycles. The van der Waals surface area contributed by atoms with Crippen LogP contribution in [0.3, 0.4) is 0 Å². The summed E-state index contributed by atoms with van der Waals surface area (Å²) in [5.74, 6) is -0.159. The molecule has 1 aliphatic heterocycles. The molecule has 31 heavy (non-hydrogen) atoms. The summed E-state index contributed by atoms with van der Waals surface area (Å²) in [5, 5.41) is 2.56. The van der Waals surface area contributed by atoms with Gasteiger partial charge in [-0.2, -0.15) is 0 Å². The molecule has 0 radical (unpaired) electrons. The smallest absolute Gasteiger partial charge is 0.279 e. The Hall–Kier alpha value is -1.96. The number of hydrogen-bond acceptors (Lipinski definition) is 5. The predicted molar refractivity (Wildman–Crippen MR) is 129 cm³/mol. The third-order valence-electron chi connectivity index (χ3n) is 6.89. The van der Waals surface area contributed by atoms with Gasteiger partial charge in [-0.25, -0.2) is 5.06 Å². The molecule has 1 amide bonds. The van der Waals surface area contributed by atoms with Crippen LogP contribution in [0.1, 0.15) is 49.5 Å². The Morgan fingerprint density at radius 1 is 1.26 bits per heavy atom. The molecule has 0 atom stereocenters. The maximum atomic E-state index is 13.1. The molecule has 2 aromatic rings. The highest BCUT2D eigenvalue weighted by Gasteiger charge is 2.40. The van der Waals surface area contributed by atoms with Gasteiger partial charge in [0.2, 0.25) is 0 Å². The topological polar surface area (TPSA) is 54.9 Å². The zero-order valence-electron chi connectivity index (χ0n) is 20.3. The lowest BCUT2D eigenvalue weighted by atomic mass is 9.99. The molecule has 0 aliphatic carbocycles. The van der Waals surface area contributed by atoms with Gasteiger partial charge in [-0.15, -0.1) is 0 Å². The monoisotopic (exact) mass is 443 g/mol. The molecule has 7 heteroatoms. The Labute approximate surface area is 187 Å². The number of piperidine rings is 1. The van der Waals surface area contributed by atoms with Crippen molar-refractivity contribution in [1.29, 1.82) is 0 Å². The third kappa shape index (κ3) is 4.78. The van der Waals surface area contributed by atoms with Crippen LogP contribution in [0, 0.1) is 6.92 Å². The minimum atomic E-state index is -1.80. The van der Waals surface area contributed by atoms with E-state index in [2.05, 4.69) is 49.8 Å². The van der Waals surface area contributed by atoms with E-state index in [-0.39, 0.29) is 17.0 Å². The Kier molecular flexibility index (Phi) is 6.79. The first-order valence-corrected chi connectivity index (χ1v) is 14.0. The standard InChI is InChI=1S/C24H37N3O3Si/c1-17-16-20(23(28)26(5)29-6)22(21-19(17)10-9-13-25-21)27-14-11-18(12-15-27)30-31(7,8)24(2,3)4/h9-10,13,16,18H,11-12,14-15H2,1-8H3. The second-order valence-electron chi connectivity index (χ2n) is 10.0. The molecule has 0 unspecified atom stereocenters. The van der Waals surface area contributed by atoms with Crippen LogP contribution in [0.2, 0.25) is 18.1 Å². The van der Waals surface area contributed by atoms with E-state index in [1.165, 1.54) is 12.2 Å². The molecule has 0 spiro atoms. The van der Waals surface area contributed by atoms with Gasteiger partial charge in [-0.1, -0.05) is 26.8 Å². The molecule has 1 aromatic heterocycles. The number of aromatic nitrogens is 1. The number of benzene rings is 1. The summed E-state index contributed by atoms with van der Waals surface area (Å²) >= 11 is 0. The number of aryl methyl sites for hydroxylation is 1. The molecule has 0 bridgehead atoms. The Bertz CT molecular complexity index is 947. The fourth-order valence-electron chi connectivity index (χ4n) is 3.93. The fourth-order valence-corrected chi connectivity index (χ4v) is 5.35. The number of amides is 1. The van der Waals surface area contributed by atoms with E-state index >= 15 is 0 Å². The van der Waals surface area contributed by atoms with Crippen LogP contribution in [0.5, 0.6) is 0 Å². The molecule has 1 aliphatic rings. The average Bonchev–Trinajstić information content (AvgIpc) is 2.72. The summed E-state index contributed by atoms with van der Waals surface area (Å²) in [5.41, 5.74) is 3.45. The van der Waals surface area contributed by atoms with Gasteiger partial charge >= 0.3 is 0 Å². The van der Waals surface area contributed by atoms with Gasteiger partial charge in [0, 0.05) is 37.8 Å². The molecule has 1 saturated heterocycles. The Morgan fingerprint density at radius 3 is 2.48 bits per heavy atom. The van der Waals surface area contributed by atoms with Crippen LogP contribution in [-0.2, 0) is 9.26 Å². The van der Waals surface area contributed by atoms with E-state index in [0.717, 1.165) is 48.1 Å². The first-order valence-electron chi connectivity index (χ1n) is 11.1. The molecular formula is C24H37N3O3Si. The van der Waals surface area contributed by atoms with Gasteiger partial charge in [0.05, 0.1) is 23.9 Å². The van der Waals surface area contributed by atoms with Gasteiger partial charge < -0.3 is 9.33 Å². The van der Waals surface area contributed by atoms with Crippen molar-refractivity contribution in [3.63, 3.8) is 0 Å². The number of anilines is 1. The average molecular weight is 444 g/mol. The molecule has 0 N–H and O–H groups in total. The van der Waals surface area contributed by atoms with Crippen molar-refractivity contribution in [2.75, 3.05) is 32.1 Å². The van der Waals surface area contributed by atoms with Crippen molar-refractivity contribution in [2.45, 2.75) is 64.8 Å². The van der Waals surface area contributed by atoms with Gasteiger partial charge in [-0.05, 0) is 55.6 Å². The van der Waals surface area contributed by atoms with Crippen LogP contribution in [0.25, 0.3) is 10.9 Å². The van der Waals surface area contributed by atoms with Crippen LogP contribution in [0.15, 0.2) is 24.4 Å². The fraction of sp³-hybridized carbons (Fsp3) is 0.583. The van der Waals surface area contributed by atoms with Gasteiger partial charge in [-0.3, -0.25) is 14.6 Å². The van der Waals surface area contributed by atoms with Crippen molar-refractivity contribution in [2.24, 2.45) is 0 Å². The van der Waals surface area contributed by atoms with Gasteiger partial charge in [0.25, 0.3) is 5.91 Å². The lowest BCUT2D eigenvalue weighted by Crippen LogP contribution is -2.47. The van der Waals surface area contributed by atoms with E-state index < -0.39 is 8.32 Å². The summed E-state index contributed by atoms with van der Waals surface area (Å²) in [6, 6.07) is 5.99. The minimum Gasteiger partial charge on any atom is -0.414 e. The Balaban J connectivity index is 1.93. The molecule has 6 nitrogen and oxygen atoms in total. The normalized spacial score (nSPS) is 16.1. The van der Waals surface area contributed by atoms with E-state index in [4.69, 9.17) is 9.26 Å². The number of carbonyl (C=O) groups is 1. The highest BCUT2D eigenvalue weighted by molar-refractivity contribution is 6.74. The summed E-state index contributed by atoms with van der Waals surface area (Å²) in [7, 11) is 1.35. The van der Waals surface area contributed by atoms with E-state index in [1.807, 2.05) is 19.1 Å². The molecule has 0 saturated carbocycles. The van der Waals surface area contributed by atoms with Crippen LogP contribution in [0.4, 0.5) is 5.69 Å². The lowest BCUT2D eigenvalue weighted by molar-refractivity contribution is -0.0756. The van der Waals surface area contributed by atoms with Gasteiger partial charge in [0.15, 0.2) is 8.32 Å². The minimum absolute atomic E-state index is 0.159. The molecule has 1 aromatic carbocycles. The zero-order chi connectivity index (χ0) is 23.0. The number of pyridine rings is 1. The first-order chi connectivity index (χ1) is 14.5. The third-order valence-corrected chi connectivity index (χ3v) is 11.4. The molecular weight excluding hydrogens is 406 g/mol. The number of fused-ring (bicyclic) bond motifs is 1. The SMILES string of the molecule is CON(C)C(=O)c1cc(C)c2cccnc2c1N1CCC(O[Si](C)(C)C(C)(C)C)CC1. The van der Waals surface area contributed by atoms with Gasteiger partial charge in [0.1, 0.15) is 0 Å². The largest absolute Gasteiger partial charge is 0.414 e. The van der Waals surface area contributed by atoms with E-state index in [9.17, 15) is 4.79 Å². The highest BCUT2D eigenvalue weighted by atomic mass is 28.4. The quantitative estimate of drug-likeness (QED) is 0.471. The first kappa shape index (κ1) is 23.7. The van der Waals surface area contributed by atoms with Crippen molar-refractivity contribution >= 4 is 30.8 Å². The number of hydrogen-bond donors (Lipinski definition) is 0. The molecule has 1 fully saturated rings. The van der Waals surface area contributed by atoms with Crippen molar-refractivity contribution < 1.29 is 14.1 Å². The van der Waals surface area contributed by atoms with E-state index in [1.54, 1.807) is 13.2 Å². The lowest BCUT2D eigenvalue weighted by Gasteiger charge is -2.42. The molecule has 3 rings (SSSR count). The second kappa shape index (κ2) is 8.88. The highest BCUT2D eigenvalue weighted by Crippen LogP contribution is 2.39. The van der Waals surface area contributed by atoms with Crippen LogP contribution in [-0.4, -0.2) is 57.6 Å². The predicted octanol–water partition coefficient (Wildman–Crippen LogP) is 5.17. The second-order valence-corrected chi connectivity index (χ2v) is 14.8. The number of rotatable bonds is 5. The summed E-state index contributed by atoms with van der Waals surface area (Å²) in [6.07, 6.45) is 3.96. The number of hydroxylamine groups is 2. The van der Waals surface area contributed by atoms with Crippen LogP contribution >= 0.6 is 0 Å². The van der Waals surface area contributed by atoms with E-state index in [0.29, 0.717) is 5.56 Å². The van der Waals surface area contributed by atoms with Crippen molar-refractivity contribution in [3.8, 4) is 0 Å². The number of carbonyl (C=O) groups excluding carboxylic acids is 1. The Morgan fingerprint density at radius 2 is 1.90 bits per heavy atom. The summed E-state index contributed by atoms with van der Waals surface area (Å²) in [4.78, 5) is 25.3. The summed E-state index contributed by atoms with van der Waals surface area (Å²) < 4.78 is 6.67. The van der Waals surface area contributed by atoms with Crippen molar-refractivity contribution in [3.05, 3.63) is 35.5 Å². The maximum Gasteiger partial charge on any atom is 0.279 e. The zero-order valence-corrected chi connectivity index (χ0v) is 21.3. The summed E-state index contributed by atoms with van der Waals surface area (Å²) in [6.45, 7) is 15.2. The van der Waals surface area contributed by atoms with Crippen LogP contribution < -0.4 is 4.90 Å². The number of nitrogens with zero attached hydrogens (tertiary/aromatic N) is 3. The molecule has 170 valence electrons.